The second kappa shape index (κ2) is 9.27. The monoisotopic (exact) mass is 349 g/mol. The zero-order valence-electron chi connectivity index (χ0n) is 15.2. The van der Waals surface area contributed by atoms with E-state index in [9.17, 15) is 9.59 Å². The Balaban J connectivity index is 1.81. The van der Waals surface area contributed by atoms with Crippen LogP contribution in [-0.2, 0) is 4.79 Å². The summed E-state index contributed by atoms with van der Waals surface area (Å²) in [5.41, 5.74) is 0.445. The third-order valence-electron chi connectivity index (χ3n) is 4.41. The Morgan fingerprint density at radius 3 is 2.16 bits per heavy atom. The van der Waals surface area contributed by atoms with Gasteiger partial charge in [0.1, 0.15) is 11.5 Å². The van der Waals surface area contributed by atoms with E-state index in [0.29, 0.717) is 30.0 Å². The highest BCUT2D eigenvalue weighted by atomic mass is 16.5. The lowest BCUT2D eigenvalue weighted by Crippen LogP contribution is -2.49. The minimum Gasteiger partial charge on any atom is -0.497 e. The largest absolute Gasteiger partial charge is 0.497 e. The van der Waals surface area contributed by atoms with Crippen LogP contribution in [0.25, 0.3) is 0 Å². The first kappa shape index (κ1) is 19.1. The quantitative estimate of drug-likeness (QED) is 0.795. The van der Waals surface area contributed by atoms with Crippen molar-refractivity contribution in [2.24, 2.45) is 0 Å². The number of carbonyl (C=O) groups excluding carboxylic acids is 2. The van der Waals surface area contributed by atoms with Gasteiger partial charge in [0, 0.05) is 50.8 Å². The van der Waals surface area contributed by atoms with E-state index in [0.717, 1.165) is 32.7 Å². The van der Waals surface area contributed by atoms with Crippen molar-refractivity contribution in [2.45, 2.75) is 13.3 Å². The number of methoxy groups -OCH3 is 2. The maximum Gasteiger partial charge on any atom is 0.251 e. The Morgan fingerprint density at radius 1 is 1.04 bits per heavy atom. The fourth-order valence-electron chi connectivity index (χ4n) is 2.80. The van der Waals surface area contributed by atoms with Gasteiger partial charge in [0.2, 0.25) is 5.91 Å². The Morgan fingerprint density at radius 2 is 1.64 bits per heavy atom. The number of amides is 2. The molecule has 1 aliphatic rings. The molecule has 7 heteroatoms. The van der Waals surface area contributed by atoms with Crippen LogP contribution in [0.1, 0.15) is 23.7 Å². The number of piperazine rings is 1. The van der Waals surface area contributed by atoms with Crippen LogP contribution in [-0.4, -0.2) is 75.1 Å². The average Bonchev–Trinajstić information content (AvgIpc) is 2.67. The van der Waals surface area contributed by atoms with Gasteiger partial charge in [0.05, 0.1) is 14.2 Å². The van der Waals surface area contributed by atoms with Crippen LogP contribution in [0.4, 0.5) is 0 Å². The van der Waals surface area contributed by atoms with E-state index in [2.05, 4.69) is 17.1 Å². The molecule has 0 saturated carbocycles. The predicted octanol–water partition coefficient (Wildman–Crippen LogP) is 0.988. The zero-order chi connectivity index (χ0) is 18.2. The summed E-state index contributed by atoms with van der Waals surface area (Å²) >= 11 is 0. The Kier molecular flexibility index (Phi) is 7.06. The SMILES string of the molecule is CCN1CCN(C(=O)CCNC(=O)c2cc(OC)cc(OC)c2)CC1. The molecule has 2 rings (SSSR count). The summed E-state index contributed by atoms with van der Waals surface area (Å²) in [6.45, 7) is 6.80. The number of ether oxygens (including phenoxy) is 2. The summed E-state index contributed by atoms with van der Waals surface area (Å²) in [6.07, 6.45) is 0.305. The second-order valence-electron chi connectivity index (χ2n) is 5.92. The van der Waals surface area contributed by atoms with Crippen LogP contribution in [0.15, 0.2) is 18.2 Å². The molecule has 0 bridgehead atoms. The van der Waals surface area contributed by atoms with Crippen molar-refractivity contribution >= 4 is 11.8 Å². The Labute approximate surface area is 148 Å². The van der Waals surface area contributed by atoms with Crippen molar-refractivity contribution in [1.82, 2.24) is 15.1 Å². The molecule has 2 amide bonds. The molecule has 0 atom stereocenters. The molecule has 1 aromatic carbocycles. The van der Waals surface area contributed by atoms with Gasteiger partial charge in [-0.2, -0.15) is 0 Å². The lowest BCUT2D eigenvalue weighted by Gasteiger charge is -2.34. The van der Waals surface area contributed by atoms with Gasteiger partial charge in [-0.15, -0.1) is 0 Å². The number of hydrogen-bond donors (Lipinski definition) is 1. The fourth-order valence-corrected chi connectivity index (χ4v) is 2.80. The van der Waals surface area contributed by atoms with Crippen molar-refractivity contribution < 1.29 is 19.1 Å². The minimum absolute atomic E-state index is 0.0827. The Bertz CT molecular complexity index is 576. The van der Waals surface area contributed by atoms with E-state index in [-0.39, 0.29) is 11.8 Å². The standard InChI is InChI=1S/C18H27N3O4/c1-4-20-7-9-21(10-8-20)17(22)5-6-19-18(23)14-11-15(24-2)13-16(12-14)25-3/h11-13H,4-10H2,1-3H3,(H,19,23). The van der Waals surface area contributed by atoms with Crippen LogP contribution in [0.2, 0.25) is 0 Å². The van der Waals surface area contributed by atoms with Crippen molar-refractivity contribution in [3.8, 4) is 11.5 Å². The summed E-state index contributed by atoms with van der Waals surface area (Å²) in [4.78, 5) is 28.7. The third kappa shape index (κ3) is 5.35. The van der Waals surface area contributed by atoms with Gasteiger partial charge in [-0.25, -0.2) is 0 Å². The van der Waals surface area contributed by atoms with E-state index in [1.807, 2.05) is 4.90 Å². The smallest absolute Gasteiger partial charge is 0.251 e. The zero-order valence-corrected chi connectivity index (χ0v) is 15.2. The fraction of sp³-hybridized carbons (Fsp3) is 0.556. The van der Waals surface area contributed by atoms with Gasteiger partial charge < -0.3 is 24.6 Å². The first-order valence-electron chi connectivity index (χ1n) is 8.58. The lowest BCUT2D eigenvalue weighted by atomic mass is 10.2. The molecule has 138 valence electrons. The van der Waals surface area contributed by atoms with E-state index in [4.69, 9.17) is 9.47 Å². The molecule has 0 aromatic heterocycles. The minimum atomic E-state index is -0.249. The molecule has 0 spiro atoms. The maximum absolute atomic E-state index is 12.3. The van der Waals surface area contributed by atoms with E-state index in [1.54, 1.807) is 18.2 Å². The van der Waals surface area contributed by atoms with Crippen LogP contribution < -0.4 is 14.8 Å². The first-order chi connectivity index (χ1) is 12.1. The van der Waals surface area contributed by atoms with Gasteiger partial charge >= 0.3 is 0 Å². The lowest BCUT2D eigenvalue weighted by molar-refractivity contribution is -0.132. The number of rotatable bonds is 7. The topological polar surface area (TPSA) is 71.1 Å². The average molecular weight is 349 g/mol. The van der Waals surface area contributed by atoms with Crippen molar-refractivity contribution in [3.05, 3.63) is 23.8 Å². The highest BCUT2D eigenvalue weighted by Gasteiger charge is 2.20. The summed E-state index contributed by atoms with van der Waals surface area (Å²) in [5.74, 6) is 0.934. The van der Waals surface area contributed by atoms with Gasteiger partial charge in [-0.3, -0.25) is 9.59 Å². The molecular weight excluding hydrogens is 322 g/mol. The van der Waals surface area contributed by atoms with Gasteiger partial charge in [-0.1, -0.05) is 6.92 Å². The molecular formula is C18H27N3O4. The number of benzene rings is 1. The number of likely N-dealkylation sites (N-methyl/N-ethyl adjacent to an activating group) is 1. The molecule has 1 N–H and O–H groups in total. The van der Waals surface area contributed by atoms with Gasteiger partial charge in [-0.05, 0) is 18.7 Å². The number of hydrogen-bond acceptors (Lipinski definition) is 5. The van der Waals surface area contributed by atoms with Gasteiger partial charge in [0.25, 0.3) is 5.91 Å². The molecule has 1 saturated heterocycles. The molecule has 1 aromatic rings. The molecule has 25 heavy (non-hydrogen) atoms. The summed E-state index contributed by atoms with van der Waals surface area (Å²) < 4.78 is 10.3. The highest BCUT2D eigenvalue weighted by molar-refractivity contribution is 5.95. The molecule has 7 nitrogen and oxygen atoms in total. The summed E-state index contributed by atoms with van der Waals surface area (Å²) in [5, 5.41) is 2.78. The first-order valence-corrected chi connectivity index (χ1v) is 8.58. The van der Waals surface area contributed by atoms with E-state index < -0.39 is 0 Å². The van der Waals surface area contributed by atoms with E-state index in [1.165, 1.54) is 14.2 Å². The number of carbonyl (C=O) groups is 2. The second-order valence-corrected chi connectivity index (χ2v) is 5.92. The van der Waals surface area contributed by atoms with Crippen LogP contribution >= 0.6 is 0 Å². The molecule has 1 aliphatic heterocycles. The molecule has 1 heterocycles. The summed E-state index contributed by atoms with van der Waals surface area (Å²) in [6, 6.07) is 4.99. The van der Waals surface area contributed by atoms with Crippen molar-refractivity contribution in [3.63, 3.8) is 0 Å². The Hall–Kier alpha value is -2.28. The summed E-state index contributed by atoms with van der Waals surface area (Å²) in [7, 11) is 3.07. The van der Waals surface area contributed by atoms with E-state index >= 15 is 0 Å². The maximum atomic E-state index is 12.3. The van der Waals surface area contributed by atoms with Crippen LogP contribution in [0, 0.1) is 0 Å². The number of nitrogens with one attached hydrogen (secondary N) is 1. The molecule has 1 fully saturated rings. The van der Waals surface area contributed by atoms with Crippen LogP contribution in [0.5, 0.6) is 11.5 Å². The predicted molar refractivity (Wildman–Crippen MR) is 95.2 cm³/mol. The molecule has 0 radical (unpaired) electrons. The van der Waals surface area contributed by atoms with Crippen molar-refractivity contribution in [2.75, 3.05) is 53.5 Å². The van der Waals surface area contributed by atoms with Crippen LogP contribution in [0.3, 0.4) is 0 Å². The highest BCUT2D eigenvalue weighted by Crippen LogP contribution is 2.22. The molecule has 0 aliphatic carbocycles. The molecule has 0 unspecified atom stereocenters. The number of nitrogens with zero attached hydrogens (tertiary/aromatic N) is 2. The van der Waals surface area contributed by atoms with Gasteiger partial charge in [0.15, 0.2) is 0 Å². The third-order valence-corrected chi connectivity index (χ3v) is 4.41. The van der Waals surface area contributed by atoms with Crippen molar-refractivity contribution in [1.29, 1.82) is 0 Å². The normalized spacial score (nSPS) is 14.9.